The van der Waals surface area contributed by atoms with Crippen LogP contribution in [-0.4, -0.2) is 20.4 Å². The van der Waals surface area contributed by atoms with Crippen molar-refractivity contribution in [1.82, 2.24) is 14.9 Å². The van der Waals surface area contributed by atoms with Gasteiger partial charge in [0.2, 0.25) is 5.91 Å². The fourth-order valence-corrected chi connectivity index (χ4v) is 2.75. The summed E-state index contributed by atoms with van der Waals surface area (Å²) in [5.74, 6) is -0.193. The summed E-state index contributed by atoms with van der Waals surface area (Å²) in [6.07, 6.45) is 5.15. The molecule has 1 aromatic heterocycles. The summed E-state index contributed by atoms with van der Waals surface area (Å²) < 4.78 is 1.98. The fraction of sp³-hybridized carbons (Fsp3) is 0.333. The summed E-state index contributed by atoms with van der Waals surface area (Å²) >= 11 is 0. The number of fused-ring (bicyclic) bond motifs is 1. The Bertz CT molecular complexity index is 710. The minimum atomic E-state index is -0.431. The van der Waals surface area contributed by atoms with Crippen molar-refractivity contribution in [2.45, 2.75) is 25.9 Å². The van der Waals surface area contributed by atoms with Gasteiger partial charge in [-0.15, -0.1) is 0 Å². The molecule has 0 fully saturated rings. The van der Waals surface area contributed by atoms with E-state index in [1.165, 1.54) is 6.07 Å². The molecule has 1 aromatic carbocycles. The first-order valence-corrected chi connectivity index (χ1v) is 7.14. The van der Waals surface area contributed by atoms with Crippen LogP contribution in [0.25, 0.3) is 0 Å². The summed E-state index contributed by atoms with van der Waals surface area (Å²) in [5, 5.41) is 13.8. The Labute approximate surface area is 127 Å². The average molecular weight is 300 g/mol. The quantitative estimate of drug-likeness (QED) is 0.687. The van der Waals surface area contributed by atoms with Crippen LogP contribution in [0.1, 0.15) is 17.7 Å². The van der Waals surface area contributed by atoms with E-state index in [2.05, 4.69) is 10.3 Å². The second-order valence-corrected chi connectivity index (χ2v) is 5.38. The van der Waals surface area contributed by atoms with Crippen LogP contribution in [0.5, 0.6) is 0 Å². The molecule has 0 bridgehead atoms. The highest BCUT2D eigenvalue weighted by Gasteiger charge is 2.24. The van der Waals surface area contributed by atoms with Gasteiger partial charge in [0.05, 0.1) is 17.2 Å². The molecule has 7 heteroatoms. The van der Waals surface area contributed by atoms with Crippen LogP contribution >= 0.6 is 0 Å². The summed E-state index contributed by atoms with van der Waals surface area (Å²) in [6, 6.07) is 6.45. The number of nitrogens with zero attached hydrogens (tertiary/aromatic N) is 3. The van der Waals surface area contributed by atoms with E-state index in [-0.39, 0.29) is 24.1 Å². The van der Waals surface area contributed by atoms with Crippen LogP contribution < -0.4 is 5.32 Å². The Balaban J connectivity index is 1.63. The van der Waals surface area contributed by atoms with E-state index in [1.54, 1.807) is 24.5 Å². The van der Waals surface area contributed by atoms with E-state index < -0.39 is 4.92 Å². The number of benzene rings is 1. The molecule has 1 aliphatic rings. The van der Waals surface area contributed by atoms with Crippen LogP contribution in [0.2, 0.25) is 0 Å². The van der Waals surface area contributed by atoms with Crippen LogP contribution in [0.4, 0.5) is 5.69 Å². The van der Waals surface area contributed by atoms with Crippen LogP contribution in [-0.2, 0) is 24.3 Å². The number of carbonyl (C=O) groups excluding carboxylic acids is 1. The van der Waals surface area contributed by atoms with Gasteiger partial charge in [0.1, 0.15) is 0 Å². The highest BCUT2D eigenvalue weighted by atomic mass is 16.6. The van der Waals surface area contributed by atoms with Crippen molar-refractivity contribution in [2.75, 3.05) is 0 Å². The number of carbonyl (C=O) groups is 1. The number of amides is 1. The number of nitro groups is 1. The second-order valence-electron chi connectivity index (χ2n) is 5.38. The van der Waals surface area contributed by atoms with Gasteiger partial charge in [-0.25, -0.2) is 4.98 Å². The molecule has 1 N–H and O–H groups in total. The first-order valence-electron chi connectivity index (χ1n) is 7.14. The molecule has 22 heavy (non-hydrogen) atoms. The Morgan fingerprint density at radius 3 is 3.09 bits per heavy atom. The van der Waals surface area contributed by atoms with Crippen molar-refractivity contribution in [3.8, 4) is 0 Å². The number of nitrogens with one attached hydrogen (secondary N) is 1. The van der Waals surface area contributed by atoms with Gasteiger partial charge in [-0.05, 0) is 12.8 Å². The molecule has 1 atom stereocenters. The zero-order chi connectivity index (χ0) is 15.5. The molecular formula is C15H16N4O3. The summed E-state index contributed by atoms with van der Waals surface area (Å²) in [6.45, 7) is 0.779. The maximum atomic E-state index is 12.3. The first-order chi connectivity index (χ1) is 10.6. The third-order valence-corrected chi connectivity index (χ3v) is 3.98. The Morgan fingerprint density at radius 1 is 1.45 bits per heavy atom. The van der Waals surface area contributed by atoms with Gasteiger partial charge in [-0.2, -0.15) is 0 Å². The number of hydrogen-bond acceptors (Lipinski definition) is 4. The number of hydrogen-bond donors (Lipinski definition) is 1. The lowest BCUT2D eigenvalue weighted by Crippen LogP contribution is -2.35. The number of imidazole rings is 1. The van der Waals surface area contributed by atoms with Crippen molar-refractivity contribution < 1.29 is 9.72 Å². The minimum Gasteiger partial charge on any atom is -0.351 e. The van der Waals surface area contributed by atoms with Crippen LogP contribution in [0.3, 0.4) is 0 Å². The van der Waals surface area contributed by atoms with Crippen LogP contribution in [0.15, 0.2) is 36.8 Å². The molecule has 0 aliphatic carbocycles. The van der Waals surface area contributed by atoms with Gasteiger partial charge < -0.3 is 9.88 Å². The highest BCUT2D eigenvalue weighted by Crippen LogP contribution is 2.21. The molecule has 2 heterocycles. The topological polar surface area (TPSA) is 90.1 Å². The predicted molar refractivity (Wildman–Crippen MR) is 79.0 cm³/mol. The second kappa shape index (κ2) is 5.97. The zero-order valence-corrected chi connectivity index (χ0v) is 11.9. The third-order valence-electron chi connectivity index (χ3n) is 3.98. The maximum Gasteiger partial charge on any atom is 0.274 e. The number of nitro benzene ring substituents is 1. The smallest absolute Gasteiger partial charge is 0.274 e. The van der Waals surface area contributed by atoms with Crippen molar-refractivity contribution in [1.29, 1.82) is 0 Å². The van der Waals surface area contributed by atoms with Crippen molar-refractivity contribution in [2.24, 2.45) is 5.92 Å². The first kappa shape index (κ1) is 14.2. The largest absolute Gasteiger partial charge is 0.351 e. The lowest BCUT2D eigenvalue weighted by atomic mass is 9.97. The van der Waals surface area contributed by atoms with Gasteiger partial charge in [0.15, 0.2) is 0 Å². The Kier molecular flexibility index (Phi) is 3.86. The van der Waals surface area contributed by atoms with Gasteiger partial charge in [-0.1, -0.05) is 18.2 Å². The Morgan fingerprint density at radius 2 is 2.27 bits per heavy atom. The SMILES string of the molecule is O=C(NCc1ccccc1[N+](=O)[O-])[C@@H]1CCc2cncn2C1. The van der Waals surface area contributed by atoms with Gasteiger partial charge in [0.25, 0.3) is 5.69 Å². The number of para-hydroxylation sites is 1. The van der Waals surface area contributed by atoms with Crippen molar-refractivity contribution in [3.05, 3.63) is 58.2 Å². The maximum absolute atomic E-state index is 12.3. The van der Waals surface area contributed by atoms with Crippen LogP contribution in [0, 0.1) is 16.0 Å². The Hall–Kier alpha value is -2.70. The molecule has 3 rings (SSSR count). The molecule has 2 aromatic rings. The monoisotopic (exact) mass is 300 g/mol. The molecule has 0 saturated carbocycles. The van der Waals surface area contributed by atoms with E-state index >= 15 is 0 Å². The molecular weight excluding hydrogens is 284 g/mol. The molecule has 0 radical (unpaired) electrons. The molecule has 0 spiro atoms. The normalized spacial score (nSPS) is 16.8. The zero-order valence-electron chi connectivity index (χ0n) is 11.9. The minimum absolute atomic E-state index is 0.0309. The summed E-state index contributed by atoms with van der Waals surface area (Å²) in [4.78, 5) is 26.9. The van der Waals surface area contributed by atoms with Crippen molar-refractivity contribution in [3.63, 3.8) is 0 Å². The van der Waals surface area contributed by atoms with E-state index in [1.807, 2.05) is 10.8 Å². The molecule has 1 aliphatic heterocycles. The van der Waals surface area contributed by atoms with Gasteiger partial charge >= 0.3 is 0 Å². The standard InChI is InChI=1S/C15H16N4O3/c20-15(12-5-6-13-8-16-10-18(13)9-12)17-7-11-3-1-2-4-14(11)19(21)22/h1-4,8,10,12H,5-7,9H2,(H,17,20)/t12-/m1/s1. The predicted octanol–water partition coefficient (Wildman–Crippen LogP) is 1.67. The van der Waals surface area contributed by atoms with E-state index in [0.29, 0.717) is 12.1 Å². The molecule has 7 nitrogen and oxygen atoms in total. The number of aryl methyl sites for hydroxylation is 1. The number of aromatic nitrogens is 2. The van der Waals surface area contributed by atoms with Crippen molar-refractivity contribution >= 4 is 11.6 Å². The lowest BCUT2D eigenvalue weighted by Gasteiger charge is -2.23. The molecule has 0 saturated heterocycles. The van der Waals surface area contributed by atoms with Gasteiger partial charge in [0, 0.05) is 36.6 Å². The highest BCUT2D eigenvalue weighted by molar-refractivity contribution is 5.78. The van der Waals surface area contributed by atoms with E-state index in [0.717, 1.165) is 18.5 Å². The average Bonchev–Trinajstić information content (AvgIpc) is 3.00. The third kappa shape index (κ3) is 2.83. The summed E-state index contributed by atoms with van der Waals surface area (Å²) in [7, 11) is 0. The fourth-order valence-electron chi connectivity index (χ4n) is 2.75. The summed E-state index contributed by atoms with van der Waals surface area (Å²) in [5.41, 5.74) is 1.69. The number of rotatable bonds is 4. The van der Waals surface area contributed by atoms with E-state index in [9.17, 15) is 14.9 Å². The lowest BCUT2D eigenvalue weighted by molar-refractivity contribution is -0.385. The molecule has 1 amide bonds. The molecule has 0 unspecified atom stereocenters. The molecule has 114 valence electrons. The van der Waals surface area contributed by atoms with Gasteiger partial charge in [-0.3, -0.25) is 14.9 Å². The van der Waals surface area contributed by atoms with E-state index in [4.69, 9.17) is 0 Å².